The molecule has 0 saturated carbocycles. The number of ketones is 2. The molecule has 0 aromatic rings. The summed E-state index contributed by atoms with van der Waals surface area (Å²) in [5.74, 6) is 0.376. The molecule has 2 nitrogen and oxygen atoms in total. The van der Waals surface area contributed by atoms with Crippen LogP contribution in [0.4, 0.5) is 0 Å². The first-order chi connectivity index (χ1) is 11.9. The van der Waals surface area contributed by atoms with E-state index in [9.17, 15) is 9.59 Å². The summed E-state index contributed by atoms with van der Waals surface area (Å²) in [5.41, 5.74) is 2.93. The number of Topliss-reactive ketones (excluding diaryl/α,β-unsaturated/α-hetero) is 1. The van der Waals surface area contributed by atoms with Crippen molar-refractivity contribution >= 4 is 11.6 Å². The highest BCUT2D eigenvalue weighted by atomic mass is 16.1. The van der Waals surface area contributed by atoms with Gasteiger partial charge in [0.05, 0.1) is 0 Å². The Bertz CT molecular complexity index is 608. The van der Waals surface area contributed by atoms with Crippen LogP contribution < -0.4 is 0 Å². The molecule has 0 aliphatic heterocycles. The molecule has 0 rings (SSSR count). The first-order valence-corrected chi connectivity index (χ1v) is 9.01. The van der Waals surface area contributed by atoms with E-state index < -0.39 is 0 Å². The van der Waals surface area contributed by atoms with Gasteiger partial charge in [-0.05, 0) is 45.3 Å². The number of carbonyl (C=O) groups is 2. The predicted molar refractivity (Wildman–Crippen MR) is 109 cm³/mol. The molecule has 0 spiro atoms. The summed E-state index contributed by atoms with van der Waals surface area (Å²) >= 11 is 0. The number of allylic oxidation sites excluding steroid dienone is 12. The Morgan fingerprint density at radius 3 is 1.80 bits per heavy atom. The summed E-state index contributed by atoms with van der Waals surface area (Å²) in [6.45, 7) is 9.85. The van der Waals surface area contributed by atoms with Gasteiger partial charge in [0.25, 0.3) is 0 Å². The molecule has 0 heterocycles. The average Bonchev–Trinajstić information content (AvgIpc) is 2.57. The van der Waals surface area contributed by atoms with Crippen LogP contribution in [0.1, 0.15) is 60.3 Å². The van der Waals surface area contributed by atoms with Crippen LogP contribution in [0, 0.1) is 0 Å². The number of rotatable bonds is 11. The van der Waals surface area contributed by atoms with Crippen molar-refractivity contribution in [2.45, 2.75) is 60.3 Å². The summed E-state index contributed by atoms with van der Waals surface area (Å²) in [4.78, 5) is 23.1. The Morgan fingerprint density at radius 1 is 0.680 bits per heavy atom. The third-order valence-electron chi connectivity index (χ3n) is 3.48. The van der Waals surface area contributed by atoms with Gasteiger partial charge < -0.3 is 0 Å². The topological polar surface area (TPSA) is 34.1 Å². The van der Waals surface area contributed by atoms with Crippen LogP contribution >= 0.6 is 0 Å². The van der Waals surface area contributed by atoms with Crippen LogP contribution in [0.3, 0.4) is 0 Å². The van der Waals surface area contributed by atoms with Crippen LogP contribution in [0.25, 0.3) is 0 Å². The second-order valence-electron chi connectivity index (χ2n) is 6.14. The second-order valence-corrected chi connectivity index (χ2v) is 6.14. The Hall–Kier alpha value is -2.22. The van der Waals surface area contributed by atoms with E-state index in [0.717, 1.165) is 29.6 Å². The molecule has 0 N–H and O–H groups in total. The molecular weight excluding hydrogens is 308 g/mol. The van der Waals surface area contributed by atoms with Gasteiger partial charge in [-0.15, -0.1) is 0 Å². The minimum Gasteiger partial charge on any atom is -0.295 e. The van der Waals surface area contributed by atoms with Crippen molar-refractivity contribution in [3.8, 4) is 0 Å². The Labute approximate surface area is 153 Å². The van der Waals surface area contributed by atoms with Crippen molar-refractivity contribution in [2.24, 2.45) is 0 Å². The molecule has 0 aromatic heterocycles. The molecule has 0 radical (unpaired) electrons. The van der Waals surface area contributed by atoms with Gasteiger partial charge in [-0.1, -0.05) is 73.6 Å². The molecule has 0 fully saturated rings. The fraction of sp³-hybridized carbons (Fsp3) is 0.391. The summed E-state index contributed by atoms with van der Waals surface area (Å²) in [5, 5.41) is 0. The zero-order valence-electron chi connectivity index (χ0n) is 16.3. The van der Waals surface area contributed by atoms with Crippen molar-refractivity contribution in [3.05, 3.63) is 71.4 Å². The van der Waals surface area contributed by atoms with Crippen molar-refractivity contribution in [1.29, 1.82) is 0 Å². The highest BCUT2D eigenvalue weighted by Crippen LogP contribution is 2.04. The monoisotopic (exact) mass is 340 g/mol. The van der Waals surface area contributed by atoms with E-state index in [2.05, 4.69) is 0 Å². The lowest BCUT2D eigenvalue weighted by atomic mass is 10.1. The lowest BCUT2D eigenvalue weighted by Crippen LogP contribution is -1.97. The Morgan fingerprint density at radius 2 is 1.24 bits per heavy atom. The SMILES string of the molecule is CCCC(=O)/C=C/C(C)=C/C=C/C=C(C)/C=C/C=C(\C)C(=O)CCC. The average molecular weight is 341 g/mol. The largest absolute Gasteiger partial charge is 0.295 e. The van der Waals surface area contributed by atoms with Crippen LogP contribution in [0.2, 0.25) is 0 Å². The number of hydrogen-bond donors (Lipinski definition) is 0. The van der Waals surface area contributed by atoms with E-state index in [4.69, 9.17) is 0 Å². The van der Waals surface area contributed by atoms with E-state index in [-0.39, 0.29) is 11.6 Å². The normalized spacial score (nSPS) is 14.2. The molecule has 0 atom stereocenters. The molecule has 0 unspecified atom stereocenters. The molecule has 2 heteroatoms. The van der Waals surface area contributed by atoms with E-state index in [1.54, 1.807) is 6.08 Å². The first-order valence-electron chi connectivity index (χ1n) is 9.01. The summed E-state index contributed by atoms with van der Waals surface area (Å²) in [6, 6.07) is 0. The lowest BCUT2D eigenvalue weighted by molar-refractivity contribution is -0.116. The van der Waals surface area contributed by atoms with Gasteiger partial charge in [0.1, 0.15) is 0 Å². The van der Waals surface area contributed by atoms with Crippen molar-refractivity contribution < 1.29 is 9.59 Å². The summed E-state index contributed by atoms with van der Waals surface area (Å²) in [6.07, 6.45) is 20.1. The second kappa shape index (κ2) is 14.2. The zero-order valence-corrected chi connectivity index (χ0v) is 16.3. The summed E-state index contributed by atoms with van der Waals surface area (Å²) < 4.78 is 0. The van der Waals surface area contributed by atoms with Crippen LogP contribution in [0.15, 0.2) is 71.4 Å². The van der Waals surface area contributed by atoms with E-state index in [1.165, 1.54) is 0 Å². The van der Waals surface area contributed by atoms with Gasteiger partial charge in [-0.2, -0.15) is 0 Å². The van der Waals surface area contributed by atoms with Crippen LogP contribution in [0.5, 0.6) is 0 Å². The smallest absolute Gasteiger partial charge is 0.158 e. The van der Waals surface area contributed by atoms with Crippen molar-refractivity contribution in [2.75, 3.05) is 0 Å². The number of hydrogen-bond acceptors (Lipinski definition) is 2. The molecule has 0 bridgehead atoms. The van der Waals surface area contributed by atoms with E-state index >= 15 is 0 Å². The third kappa shape index (κ3) is 12.8. The van der Waals surface area contributed by atoms with Gasteiger partial charge in [-0.25, -0.2) is 0 Å². The van der Waals surface area contributed by atoms with E-state index in [1.807, 2.05) is 83.2 Å². The van der Waals surface area contributed by atoms with Gasteiger partial charge in [0.15, 0.2) is 11.6 Å². The number of carbonyl (C=O) groups excluding carboxylic acids is 2. The lowest BCUT2D eigenvalue weighted by Gasteiger charge is -1.96. The van der Waals surface area contributed by atoms with Crippen molar-refractivity contribution in [3.63, 3.8) is 0 Å². The third-order valence-corrected chi connectivity index (χ3v) is 3.48. The quantitative estimate of drug-likeness (QED) is 0.330. The highest BCUT2D eigenvalue weighted by Gasteiger charge is 2.00. The maximum absolute atomic E-state index is 11.7. The van der Waals surface area contributed by atoms with Crippen LogP contribution in [-0.2, 0) is 9.59 Å². The molecule has 0 amide bonds. The molecule has 25 heavy (non-hydrogen) atoms. The van der Waals surface area contributed by atoms with Gasteiger partial charge in [0.2, 0.25) is 0 Å². The molecule has 0 aliphatic carbocycles. The Kier molecular flexibility index (Phi) is 12.9. The fourth-order valence-electron chi connectivity index (χ4n) is 1.94. The molecule has 0 aromatic carbocycles. The molecule has 0 saturated heterocycles. The highest BCUT2D eigenvalue weighted by molar-refractivity contribution is 5.94. The van der Waals surface area contributed by atoms with Gasteiger partial charge in [0, 0.05) is 12.8 Å². The summed E-state index contributed by atoms with van der Waals surface area (Å²) in [7, 11) is 0. The van der Waals surface area contributed by atoms with Gasteiger partial charge >= 0.3 is 0 Å². The minimum absolute atomic E-state index is 0.167. The zero-order chi connectivity index (χ0) is 19.1. The molecule has 136 valence electrons. The standard InChI is InChI=1S/C23H32O2/c1-6-11-22(24)18-17-20(4)14-9-8-13-19(3)15-10-16-21(5)23(25)12-7-2/h8-10,13-18H,6-7,11-12H2,1-5H3/b9-8+,15-10+,18-17+,19-13+,20-14+,21-16+. The molecule has 0 aliphatic rings. The van der Waals surface area contributed by atoms with E-state index in [0.29, 0.717) is 12.8 Å². The maximum atomic E-state index is 11.7. The first kappa shape index (κ1) is 22.8. The predicted octanol–water partition coefficient (Wildman–Crippen LogP) is 6.23. The van der Waals surface area contributed by atoms with Crippen molar-refractivity contribution in [1.82, 2.24) is 0 Å². The molecular formula is C23H32O2. The van der Waals surface area contributed by atoms with Crippen LogP contribution in [-0.4, -0.2) is 11.6 Å². The van der Waals surface area contributed by atoms with Gasteiger partial charge in [-0.3, -0.25) is 9.59 Å². The fourth-order valence-corrected chi connectivity index (χ4v) is 1.94. The maximum Gasteiger partial charge on any atom is 0.158 e. The Balaban J connectivity index is 4.56. The minimum atomic E-state index is 0.167.